The number of aryl methyl sites for hydroxylation is 1. The number of rotatable bonds is 6. The molecule has 2 N–H and O–H groups in total. The van der Waals surface area contributed by atoms with Crippen LogP contribution in [0.25, 0.3) is 0 Å². The number of pyridine rings is 2. The maximum Gasteiger partial charge on any atom is 0.287 e. The summed E-state index contributed by atoms with van der Waals surface area (Å²) in [5.41, 5.74) is 8.19. The van der Waals surface area contributed by atoms with Crippen molar-refractivity contribution in [3.05, 3.63) is 100 Å². The summed E-state index contributed by atoms with van der Waals surface area (Å²) in [6.45, 7) is 0. The van der Waals surface area contributed by atoms with Crippen LogP contribution < -0.4 is 19.9 Å². The maximum absolute atomic E-state index is 10.8. The highest BCUT2D eigenvalue weighted by Gasteiger charge is 2.22. The third-order valence-electron chi connectivity index (χ3n) is 5.34. The first-order chi connectivity index (χ1) is 16.5. The Balaban J connectivity index is 1.27. The Hall–Kier alpha value is -4.66. The van der Waals surface area contributed by atoms with E-state index in [0.29, 0.717) is 23.1 Å². The lowest BCUT2D eigenvalue weighted by Crippen LogP contribution is -2.15. The zero-order valence-electron chi connectivity index (χ0n) is 18.0. The zero-order chi connectivity index (χ0) is 23.5. The molecule has 0 amide bonds. The van der Waals surface area contributed by atoms with Gasteiger partial charge in [0.2, 0.25) is 11.8 Å². The molecule has 5 rings (SSSR count). The van der Waals surface area contributed by atoms with Gasteiger partial charge < -0.3 is 19.9 Å². The number of nitrogens with zero attached hydrogens (tertiary/aromatic N) is 3. The summed E-state index contributed by atoms with van der Waals surface area (Å²) in [5.74, 6) is 2.82. The third kappa shape index (κ3) is 4.73. The van der Waals surface area contributed by atoms with Gasteiger partial charge >= 0.3 is 0 Å². The summed E-state index contributed by atoms with van der Waals surface area (Å²) in [6.07, 6.45) is 4.20. The first-order valence-corrected chi connectivity index (χ1v) is 10.6. The normalized spacial score (nSPS) is 14.5. The first-order valence-electron chi connectivity index (χ1n) is 10.6. The second kappa shape index (κ2) is 9.07. The molecule has 1 aliphatic rings. The molecule has 1 atom stereocenters. The Bertz CT molecular complexity index is 1330. The first kappa shape index (κ1) is 21.2. The van der Waals surface area contributed by atoms with E-state index in [1.807, 2.05) is 36.4 Å². The summed E-state index contributed by atoms with van der Waals surface area (Å²) in [6, 6.07) is 19.6. The molecular formula is C25H20N4O5. The molecule has 2 aromatic carbocycles. The lowest BCUT2D eigenvalue weighted by molar-refractivity contribution is -0.385. The highest BCUT2D eigenvalue weighted by Crippen LogP contribution is 2.38. The standard InChI is InChI=1S/C25H20N4O5/c26-18-5-10-24(27-14-18)33-21-7-9-23-17(13-21)4-8-22(34-23)16-2-1-3-20(12-16)32-25-11-6-19(15-28-25)29(30)31/h1-3,5-7,9-15,22H,4,8,26H2. The lowest BCUT2D eigenvalue weighted by atomic mass is 9.97. The molecule has 0 radical (unpaired) electrons. The average Bonchev–Trinajstić information content (AvgIpc) is 2.86. The van der Waals surface area contributed by atoms with Crippen molar-refractivity contribution < 1.29 is 19.1 Å². The van der Waals surface area contributed by atoms with Crippen molar-refractivity contribution >= 4 is 11.4 Å². The van der Waals surface area contributed by atoms with Crippen LogP contribution >= 0.6 is 0 Å². The van der Waals surface area contributed by atoms with Crippen LogP contribution in [-0.2, 0) is 6.42 Å². The fraction of sp³-hybridized carbons (Fsp3) is 0.120. The van der Waals surface area contributed by atoms with Gasteiger partial charge in [-0.15, -0.1) is 0 Å². The quantitative estimate of drug-likeness (QED) is 0.293. The molecule has 1 unspecified atom stereocenters. The second-order valence-electron chi connectivity index (χ2n) is 7.73. The number of benzene rings is 2. The van der Waals surface area contributed by atoms with Gasteiger partial charge in [-0.2, -0.15) is 0 Å². The van der Waals surface area contributed by atoms with Crippen LogP contribution in [0, 0.1) is 10.1 Å². The van der Waals surface area contributed by atoms with Gasteiger partial charge in [-0.25, -0.2) is 9.97 Å². The monoisotopic (exact) mass is 456 g/mol. The molecule has 9 heteroatoms. The fourth-order valence-electron chi connectivity index (χ4n) is 3.68. The van der Waals surface area contributed by atoms with Crippen molar-refractivity contribution in [3.63, 3.8) is 0 Å². The number of fused-ring (bicyclic) bond motifs is 1. The van der Waals surface area contributed by atoms with Crippen molar-refractivity contribution in [2.75, 3.05) is 5.73 Å². The summed E-state index contributed by atoms with van der Waals surface area (Å²) < 4.78 is 17.8. The van der Waals surface area contributed by atoms with E-state index in [9.17, 15) is 10.1 Å². The van der Waals surface area contributed by atoms with E-state index in [1.54, 1.807) is 24.4 Å². The minimum atomic E-state index is -0.500. The number of ether oxygens (including phenoxy) is 3. The number of nitro groups is 1. The van der Waals surface area contributed by atoms with E-state index in [4.69, 9.17) is 19.9 Å². The lowest BCUT2D eigenvalue weighted by Gasteiger charge is -2.27. The molecule has 0 fully saturated rings. The second-order valence-corrected chi connectivity index (χ2v) is 7.73. The Kier molecular flexibility index (Phi) is 5.65. The number of hydrogen-bond acceptors (Lipinski definition) is 8. The van der Waals surface area contributed by atoms with Gasteiger partial charge in [-0.3, -0.25) is 10.1 Å². The van der Waals surface area contributed by atoms with Crippen molar-refractivity contribution in [2.24, 2.45) is 0 Å². The van der Waals surface area contributed by atoms with E-state index in [2.05, 4.69) is 9.97 Å². The highest BCUT2D eigenvalue weighted by atomic mass is 16.6. The van der Waals surface area contributed by atoms with E-state index < -0.39 is 4.92 Å². The smallest absolute Gasteiger partial charge is 0.287 e. The van der Waals surface area contributed by atoms with E-state index in [-0.39, 0.29) is 17.7 Å². The predicted molar refractivity (Wildman–Crippen MR) is 124 cm³/mol. The Morgan fingerprint density at radius 1 is 0.941 bits per heavy atom. The molecule has 170 valence electrons. The molecular weight excluding hydrogens is 436 g/mol. The molecule has 0 bridgehead atoms. The van der Waals surface area contributed by atoms with Gasteiger partial charge in [-0.1, -0.05) is 12.1 Å². The molecule has 0 spiro atoms. The van der Waals surface area contributed by atoms with Gasteiger partial charge in [0.25, 0.3) is 5.69 Å². The fourth-order valence-corrected chi connectivity index (χ4v) is 3.68. The maximum atomic E-state index is 10.8. The van der Waals surface area contributed by atoms with Crippen LogP contribution in [-0.4, -0.2) is 14.9 Å². The van der Waals surface area contributed by atoms with E-state index in [0.717, 1.165) is 29.7 Å². The summed E-state index contributed by atoms with van der Waals surface area (Å²) >= 11 is 0. The van der Waals surface area contributed by atoms with Gasteiger partial charge in [0.1, 0.15) is 29.5 Å². The van der Waals surface area contributed by atoms with Crippen LogP contribution in [0.1, 0.15) is 23.7 Å². The SMILES string of the molecule is Nc1ccc(Oc2ccc3c(c2)CCC(c2cccc(Oc4ccc([N+](=O)[O-])cn4)c2)O3)nc1. The van der Waals surface area contributed by atoms with Gasteiger partial charge in [0.15, 0.2) is 0 Å². The Morgan fingerprint density at radius 3 is 2.41 bits per heavy atom. The summed E-state index contributed by atoms with van der Waals surface area (Å²) in [4.78, 5) is 18.4. The van der Waals surface area contributed by atoms with Crippen LogP contribution in [0.2, 0.25) is 0 Å². The molecule has 0 aliphatic carbocycles. The number of hydrogen-bond donors (Lipinski definition) is 1. The minimum Gasteiger partial charge on any atom is -0.485 e. The third-order valence-corrected chi connectivity index (χ3v) is 5.34. The molecule has 0 saturated carbocycles. The number of aromatic nitrogens is 2. The van der Waals surface area contributed by atoms with E-state index in [1.165, 1.54) is 18.3 Å². The van der Waals surface area contributed by atoms with Crippen LogP contribution in [0.15, 0.2) is 79.1 Å². The number of anilines is 1. The molecule has 2 aromatic heterocycles. The molecule has 4 aromatic rings. The van der Waals surface area contributed by atoms with Gasteiger partial charge in [0, 0.05) is 18.2 Å². The van der Waals surface area contributed by atoms with Crippen LogP contribution in [0.4, 0.5) is 11.4 Å². The van der Waals surface area contributed by atoms with Crippen molar-refractivity contribution in [2.45, 2.75) is 18.9 Å². The predicted octanol–water partition coefficient (Wildman–Crippen LogP) is 5.62. The molecule has 1 aliphatic heterocycles. The van der Waals surface area contributed by atoms with Crippen molar-refractivity contribution in [1.82, 2.24) is 9.97 Å². The Labute approximate surface area is 194 Å². The van der Waals surface area contributed by atoms with Crippen LogP contribution in [0.5, 0.6) is 29.0 Å². The molecule has 0 saturated heterocycles. The molecule has 34 heavy (non-hydrogen) atoms. The largest absolute Gasteiger partial charge is 0.485 e. The summed E-state index contributed by atoms with van der Waals surface area (Å²) in [7, 11) is 0. The summed E-state index contributed by atoms with van der Waals surface area (Å²) in [5, 5.41) is 10.8. The number of nitrogen functional groups attached to an aromatic ring is 1. The zero-order valence-corrected chi connectivity index (χ0v) is 18.0. The number of nitrogens with two attached hydrogens (primary N) is 1. The topological polar surface area (TPSA) is 123 Å². The van der Waals surface area contributed by atoms with E-state index >= 15 is 0 Å². The van der Waals surface area contributed by atoms with Crippen LogP contribution in [0.3, 0.4) is 0 Å². The molecule has 3 heterocycles. The van der Waals surface area contributed by atoms with Crippen molar-refractivity contribution in [3.8, 4) is 29.0 Å². The average molecular weight is 456 g/mol. The van der Waals surface area contributed by atoms with Gasteiger partial charge in [0.05, 0.1) is 16.8 Å². The minimum absolute atomic E-state index is 0.0892. The molecule has 9 nitrogen and oxygen atoms in total. The highest BCUT2D eigenvalue weighted by molar-refractivity contribution is 5.45. The van der Waals surface area contributed by atoms with Gasteiger partial charge in [-0.05, 0) is 60.4 Å². The Morgan fingerprint density at radius 2 is 1.71 bits per heavy atom. The van der Waals surface area contributed by atoms with Crippen molar-refractivity contribution in [1.29, 1.82) is 0 Å².